The molecule has 1 amide bonds. The maximum absolute atomic E-state index is 13.7. The summed E-state index contributed by atoms with van der Waals surface area (Å²) in [5.74, 6) is -0.428. The molecule has 112 valence electrons. The van der Waals surface area contributed by atoms with E-state index in [-0.39, 0.29) is 11.7 Å². The van der Waals surface area contributed by atoms with Gasteiger partial charge in [-0.15, -0.1) is 0 Å². The van der Waals surface area contributed by atoms with E-state index < -0.39 is 5.82 Å². The van der Waals surface area contributed by atoms with Crippen molar-refractivity contribution in [2.45, 2.75) is 13.5 Å². The lowest BCUT2D eigenvalue weighted by Crippen LogP contribution is -2.30. The quantitative estimate of drug-likeness (QED) is 0.817. The fourth-order valence-corrected chi connectivity index (χ4v) is 2.38. The molecule has 0 aliphatic heterocycles. The molecule has 6 heteroatoms. The summed E-state index contributed by atoms with van der Waals surface area (Å²) < 4.78 is 24.0. The smallest absolute Gasteiger partial charge is 0.258 e. The van der Waals surface area contributed by atoms with Crippen LogP contribution in [0.15, 0.2) is 39.6 Å². The Kier molecular flexibility index (Phi) is 5.01. The summed E-state index contributed by atoms with van der Waals surface area (Å²) >= 11 is 3.19. The monoisotopic (exact) mass is 355 g/mol. The molecule has 21 heavy (non-hydrogen) atoms. The first-order valence-electron chi connectivity index (χ1n) is 6.41. The van der Waals surface area contributed by atoms with Crippen molar-refractivity contribution in [3.63, 3.8) is 0 Å². The van der Waals surface area contributed by atoms with Crippen LogP contribution in [-0.4, -0.2) is 24.5 Å². The number of halogens is 2. The van der Waals surface area contributed by atoms with Gasteiger partial charge in [0.2, 0.25) is 0 Å². The number of rotatable bonds is 5. The van der Waals surface area contributed by atoms with Crippen LogP contribution in [0.25, 0.3) is 0 Å². The predicted molar refractivity (Wildman–Crippen MR) is 79.8 cm³/mol. The minimum Gasteiger partial charge on any atom is -0.494 e. The van der Waals surface area contributed by atoms with Gasteiger partial charge in [-0.3, -0.25) is 4.79 Å². The van der Waals surface area contributed by atoms with E-state index in [1.807, 2.05) is 6.92 Å². The summed E-state index contributed by atoms with van der Waals surface area (Å²) in [6, 6.07) is 6.27. The van der Waals surface area contributed by atoms with Crippen LogP contribution in [-0.2, 0) is 6.54 Å². The summed E-state index contributed by atoms with van der Waals surface area (Å²) in [5, 5.41) is 0. The highest BCUT2D eigenvalue weighted by Gasteiger charge is 2.19. The number of amides is 1. The first kappa shape index (κ1) is 15.6. The molecule has 0 radical (unpaired) electrons. The van der Waals surface area contributed by atoms with Gasteiger partial charge >= 0.3 is 0 Å². The molecular formula is C15H15BrFNO3. The highest BCUT2D eigenvalue weighted by atomic mass is 79.9. The molecule has 0 spiro atoms. The second-order valence-corrected chi connectivity index (χ2v) is 5.12. The zero-order valence-corrected chi connectivity index (χ0v) is 13.3. The van der Waals surface area contributed by atoms with E-state index in [9.17, 15) is 9.18 Å². The Bertz CT molecular complexity index is 642. The van der Waals surface area contributed by atoms with Gasteiger partial charge in [-0.25, -0.2) is 4.39 Å². The average molecular weight is 356 g/mol. The number of hydrogen-bond acceptors (Lipinski definition) is 3. The zero-order valence-electron chi connectivity index (χ0n) is 11.7. The number of carbonyl (C=O) groups is 1. The van der Waals surface area contributed by atoms with Crippen molar-refractivity contribution in [1.82, 2.24) is 4.90 Å². The van der Waals surface area contributed by atoms with E-state index in [1.54, 1.807) is 23.1 Å². The van der Waals surface area contributed by atoms with E-state index in [2.05, 4.69) is 15.9 Å². The van der Waals surface area contributed by atoms with Gasteiger partial charge in [0, 0.05) is 13.1 Å². The minimum atomic E-state index is -0.442. The van der Waals surface area contributed by atoms with Gasteiger partial charge in [0.1, 0.15) is 0 Å². The minimum absolute atomic E-state index is 0.172. The largest absolute Gasteiger partial charge is 0.494 e. The molecule has 1 aromatic carbocycles. The lowest BCUT2D eigenvalue weighted by Gasteiger charge is -2.20. The number of ether oxygens (including phenoxy) is 1. The Hall–Kier alpha value is -1.82. The van der Waals surface area contributed by atoms with Crippen LogP contribution in [0, 0.1) is 5.82 Å². The Morgan fingerprint density at radius 1 is 1.43 bits per heavy atom. The summed E-state index contributed by atoms with van der Waals surface area (Å²) in [6.45, 7) is 2.68. The van der Waals surface area contributed by atoms with Crippen molar-refractivity contribution in [2.24, 2.45) is 0 Å². The molecule has 0 bridgehead atoms. The van der Waals surface area contributed by atoms with Crippen molar-refractivity contribution >= 4 is 21.8 Å². The lowest BCUT2D eigenvalue weighted by atomic mass is 10.2. The number of furan rings is 1. The second-order valence-electron chi connectivity index (χ2n) is 4.40. The number of carbonyl (C=O) groups excluding carboxylic acids is 1. The molecule has 0 N–H and O–H groups in total. The fourth-order valence-electron chi connectivity index (χ4n) is 1.97. The third kappa shape index (κ3) is 3.44. The van der Waals surface area contributed by atoms with E-state index in [1.165, 1.54) is 19.4 Å². The number of nitrogens with zero attached hydrogens (tertiary/aromatic N) is 1. The normalized spacial score (nSPS) is 10.5. The molecule has 1 aromatic heterocycles. The summed E-state index contributed by atoms with van der Waals surface area (Å²) in [6.07, 6.45) is 1.44. The molecule has 2 aromatic rings. The van der Waals surface area contributed by atoms with E-state index >= 15 is 0 Å². The van der Waals surface area contributed by atoms with E-state index in [4.69, 9.17) is 9.15 Å². The molecular weight excluding hydrogens is 341 g/mol. The van der Waals surface area contributed by atoms with Gasteiger partial charge in [0.15, 0.2) is 16.2 Å². The van der Waals surface area contributed by atoms with Crippen LogP contribution in [0.4, 0.5) is 4.39 Å². The molecule has 0 atom stereocenters. The summed E-state index contributed by atoms with van der Waals surface area (Å²) in [4.78, 5) is 14.0. The number of hydrogen-bond donors (Lipinski definition) is 0. The van der Waals surface area contributed by atoms with Crippen molar-refractivity contribution < 1.29 is 18.3 Å². The van der Waals surface area contributed by atoms with Crippen LogP contribution in [0.3, 0.4) is 0 Å². The Balaban J connectivity index is 2.18. The summed E-state index contributed by atoms with van der Waals surface area (Å²) in [5.41, 5.74) is 1.15. The van der Waals surface area contributed by atoms with Gasteiger partial charge in [-0.1, -0.05) is 6.07 Å². The van der Waals surface area contributed by atoms with Crippen molar-refractivity contribution in [3.05, 3.63) is 52.1 Å². The third-order valence-electron chi connectivity index (χ3n) is 3.11. The summed E-state index contributed by atoms with van der Waals surface area (Å²) in [7, 11) is 1.41. The highest BCUT2D eigenvalue weighted by molar-refractivity contribution is 9.10. The van der Waals surface area contributed by atoms with Crippen LogP contribution in [0.1, 0.15) is 22.8 Å². The SMILES string of the molecule is CCN(Cc1ccc(OC)c(F)c1)C(=O)c1ccoc1Br. The first-order valence-corrected chi connectivity index (χ1v) is 7.20. The molecule has 0 saturated heterocycles. The molecule has 0 aliphatic rings. The van der Waals surface area contributed by atoms with Gasteiger partial charge < -0.3 is 14.1 Å². The molecule has 0 fully saturated rings. The Labute approximate surface area is 130 Å². The van der Waals surface area contributed by atoms with Gasteiger partial charge in [0.05, 0.1) is 18.9 Å². The third-order valence-corrected chi connectivity index (χ3v) is 3.72. The van der Waals surface area contributed by atoms with Crippen LogP contribution >= 0.6 is 15.9 Å². The molecule has 1 heterocycles. The number of benzene rings is 1. The highest BCUT2D eigenvalue weighted by Crippen LogP contribution is 2.22. The van der Waals surface area contributed by atoms with E-state index in [0.717, 1.165) is 0 Å². The number of methoxy groups -OCH3 is 1. The molecule has 0 aliphatic carbocycles. The first-order chi connectivity index (χ1) is 10.1. The van der Waals surface area contributed by atoms with Crippen LogP contribution in [0.2, 0.25) is 0 Å². The molecule has 4 nitrogen and oxygen atoms in total. The lowest BCUT2D eigenvalue weighted by molar-refractivity contribution is 0.0750. The maximum Gasteiger partial charge on any atom is 0.258 e. The van der Waals surface area contributed by atoms with Gasteiger partial charge in [0.25, 0.3) is 5.91 Å². The molecule has 2 rings (SSSR count). The predicted octanol–water partition coefficient (Wildman–Crippen LogP) is 3.85. The maximum atomic E-state index is 13.7. The topological polar surface area (TPSA) is 42.7 Å². The standard InChI is InChI=1S/C15H15BrFNO3/c1-3-18(15(19)11-6-7-21-14(11)16)9-10-4-5-13(20-2)12(17)8-10/h4-8H,3,9H2,1-2H3. The average Bonchev–Trinajstić information content (AvgIpc) is 2.90. The van der Waals surface area contributed by atoms with Gasteiger partial charge in [-0.05, 0) is 46.6 Å². The van der Waals surface area contributed by atoms with Crippen molar-refractivity contribution in [1.29, 1.82) is 0 Å². The second kappa shape index (κ2) is 6.76. The Morgan fingerprint density at radius 2 is 2.19 bits per heavy atom. The van der Waals surface area contributed by atoms with Crippen LogP contribution in [0.5, 0.6) is 5.75 Å². The fraction of sp³-hybridized carbons (Fsp3) is 0.267. The molecule has 0 saturated carbocycles. The molecule has 0 unspecified atom stereocenters. The Morgan fingerprint density at radius 3 is 2.71 bits per heavy atom. The van der Waals surface area contributed by atoms with Crippen molar-refractivity contribution in [3.8, 4) is 5.75 Å². The van der Waals surface area contributed by atoms with Crippen molar-refractivity contribution in [2.75, 3.05) is 13.7 Å². The van der Waals surface area contributed by atoms with Gasteiger partial charge in [-0.2, -0.15) is 0 Å². The van der Waals surface area contributed by atoms with Crippen LogP contribution < -0.4 is 4.74 Å². The zero-order chi connectivity index (χ0) is 15.4. The van der Waals surface area contributed by atoms with E-state index in [0.29, 0.717) is 28.9 Å².